The van der Waals surface area contributed by atoms with Gasteiger partial charge < -0.3 is 19.0 Å². The number of aldehydes is 1. The molecule has 2 aromatic rings. The number of Topliss-reactive ketones (excluding diaryl/α,β-unsaturated/α-hetero) is 1. The Morgan fingerprint density at radius 3 is 2.34 bits per heavy atom. The van der Waals surface area contributed by atoms with Gasteiger partial charge in [0.25, 0.3) is 0 Å². The molecule has 5 heteroatoms. The number of carbonyl (C=O) groups is 2. The summed E-state index contributed by atoms with van der Waals surface area (Å²) in [4.78, 5) is 24.1. The van der Waals surface area contributed by atoms with Gasteiger partial charge in [-0.15, -0.1) is 0 Å². The highest BCUT2D eigenvalue weighted by molar-refractivity contribution is 5.83. The Labute approximate surface area is 191 Å². The fraction of sp³-hybridized carbons (Fsp3) is 0.481. The van der Waals surface area contributed by atoms with Crippen molar-refractivity contribution in [3.63, 3.8) is 0 Å². The minimum atomic E-state index is -0.673. The molecule has 0 N–H and O–H groups in total. The molecule has 1 heterocycles. The summed E-state index contributed by atoms with van der Waals surface area (Å²) in [7, 11) is 0. The third-order valence-electron chi connectivity index (χ3n) is 6.09. The maximum Gasteiger partial charge on any atom is 0.161 e. The number of hydrogen-bond acceptors (Lipinski definition) is 5. The van der Waals surface area contributed by atoms with Gasteiger partial charge >= 0.3 is 0 Å². The molecule has 3 atom stereocenters. The molecule has 0 saturated carbocycles. The summed E-state index contributed by atoms with van der Waals surface area (Å²) in [6, 6.07) is 19.9. The minimum absolute atomic E-state index is 0.0669. The molecule has 1 aliphatic rings. The van der Waals surface area contributed by atoms with Crippen LogP contribution in [0.3, 0.4) is 0 Å². The third-order valence-corrected chi connectivity index (χ3v) is 6.09. The number of ketones is 1. The van der Waals surface area contributed by atoms with E-state index in [4.69, 9.17) is 14.2 Å². The molecule has 0 bridgehead atoms. The molecule has 0 aliphatic carbocycles. The zero-order chi connectivity index (χ0) is 22.9. The third kappa shape index (κ3) is 7.37. The van der Waals surface area contributed by atoms with E-state index >= 15 is 0 Å². The fourth-order valence-electron chi connectivity index (χ4n) is 3.98. The van der Waals surface area contributed by atoms with Crippen LogP contribution in [0.15, 0.2) is 60.7 Å². The van der Waals surface area contributed by atoms with E-state index in [0.717, 1.165) is 23.8 Å². The summed E-state index contributed by atoms with van der Waals surface area (Å²) in [5, 5.41) is 0. The highest BCUT2D eigenvalue weighted by Gasteiger charge is 2.40. The van der Waals surface area contributed by atoms with Crippen LogP contribution >= 0.6 is 0 Å². The maximum absolute atomic E-state index is 12.8. The standard InChI is InChI=1S/C27H34O5/c1-26(17-18-28,31-20-23-11-7-4-8-12-23)15-13-24(29)25-14-16-27(2,32-25)21-30-19-22-9-5-3-6-10-22/h3-12,18,25H,13-17,19-21H2,1-2H3/t25-,26+,27-/m1/s1. The van der Waals surface area contributed by atoms with Crippen LogP contribution in [0.2, 0.25) is 0 Å². The quantitative estimate of drug-likeness (QED) is 0.409. The van der Waals surface area contributed by atoms with E-state index in [1.807, 2.05) is 74.5 Å². The first kappa shape index (κ1) is 24.3. The second-order valence-electron chi connectivity index (χ2n) is 9.13. The molecule has 32 heavy (non-hydrogen) atoms. The van der Waals surface area contributed by atoms with Gasteiger partial charge in [-0.1, -0.05) is 60.7 Å². The van der Waals surface area contributed by atoms with Crippen LogP contribution in [0.25, 0.3) is 0 Å². The molecule has 0 amide bonds. The summed E-state index contributed by atoms with van der Waals surface area (Å²) >= 11 is 0. The predicted molar refractivity (Wildman–Crippen MR) is 123 cm³/mol. The van der Waals surface area contributed by atoms with Gasteiger partial charge in [-0.2, -0.15) is 0 Å². The fourth-order valence-corrected chi connectivity index (χ4v) is 3.98. The summed E-state index contributed by atoms with van der Waals surface area (Å²) in [5.41, 5.74) is 1.03. The van der Waals surface area contributed by atoms with Gasteiger partial charge in [0.05, 0.1) is 31.0 Å². The largest absolute Gasteiger partial charge is 0.374 e. The lowest BCUT2D eigenvalue weighted by Crippen LogP contribution is -2.34. The van der Waals surface area contributed by atoms with Crippen LogP contribution in [0, 0.1) is 0 Å². The Kier molecular flexibility index (Phi) is 8.74. The highest BCUT2D eigenvalue weighted by atomic mass is 16.6. The van der Waals surface area contributed by atoms with Crippen LogP contribution in [0.1, 0.15) is 57.1 Å². The number of hydrogen-bond donors (Lipinski definition) is 0. The lowest BCUT2D eigenvalue weighted by Gasteiger charge is -2.29. The lowest BCUT2D eigenvalue weighted by molar-refractivity contribution is -0.141. The SMILES string of the molecule is C[C@@](CC=O)(CCC(=O)[C@H]1CC[C@](C)(COCc2ccccc2)O1)OCc1ccccc1. The van der Waals surface area contributed by atoms with Crippen molar-refractivity contribution < 1.29 is 23.8 Å². The van der Waals surface area contributed by atoms with Gasteiger partial charge in [-0.05, 0) is 44.2 Å². The second kappa shape index (κ2) is 11.5. The zero-order valence-electron chi connectivity index (χ0n) is 19.1. The minimum Gasteiger partial charge on any atom is -0.374 e. The van der Waals surface area contributed by atoms with Gasteiger partial charge in [0.1, 0.15) is 12.4 Å². The van der Waals surface area contributed by atoms with Crippen LogP contribution in [-0.4, -0.2) is 36.0 Å². The highest BCUT2D eigenvalue weighted by Crippen LogP contribution is 2.33. The Hall–Kier alpha value is -2.34. The topological polar surface area (TPSA) is 61.8 Å². The molecule has 1 saturated heterocycles. The number of ether oxygens (including phenoxy) is 3. The van der Waals surface area contributed by atoms with Gasteiger partial charge in [0.2, 0.25) is 0 Å². The van der Waals surface area contributed by atoms with Crippen molar-refractivity contribution in [1.29, 1.82) is 0 Å². The van der Waals surface area contributed by atoms with E-state index in [2.05, 4.69) is 0 Å². The molecule has 0 spiro atoms. The Morgan fingerprint density at radius 2 is 1.72 bits per heavy atom. The molecular formula is C27H34O5. The van der Waals surface area contributed by atoms with Crippen molar-refractivity contribution in [3.05, 3.63) is 71.8 Å². The number of carbonyl (C=O) groups excluding carboxylic acids is 2. The van der Waals surface area contributed by atoms with Crippen molar-refractivity contribution in [3.8, 4) is 0 Å². The summed E-state index contributed by atoms with van der Waals surface area (Å²) < 4.78 is 18.0. The summed E-state index contributed by atoms with van der Waals surface area (Å²) in [6.45, 7) is 5.30. The maximum atomic E-state index is 12.8. The van der Waals surface area contributed by atoms with Gasteiger partial charge in [-0.3, -0.25) is 4.79 Å². The molecule has 1 aliphatic heterocycles. The van der Waals surface area contributed by atoms with Crippen molar-refractivity contribution in [2.24, 2.45) is 0 Å². The Morgan fingerprint density at radius 1 is 1.09 bits per heavy atom. The number of rotatable bonds is 13. The van der Waals surface area contributed by atoms with Gasteiger partial charge in [0.15, 0.2) is 5.78 Å². The second-order valence-corrected chi connectivity index (χ2v) is 9.13. The van der Waals surface area contributed by atoms with Crippen LogP contribution in [0.5, 0.6) is 0 Å². The molecule has 2 aromatic carbocycles. The average Bonchev–Trinajstić information content (AvgIpc) is 3.20. The Bertz CT molecular complexity index is 853. The van der Waals surface area contributed by atoms with E-state index in [1.165, 1.54) is 0 Å². The molecule has 0 radical (unpaired) electrons. The van der Waals surface area contributed by atoms with E-state index < -0.39 is 17.3 Å². The smallest absolute Gasteiger partial charge is 0.161 e. The first-order valence-corrected chi connectivity index (χ1v) is 11.4. The van der Waals surface area contributed by atoms with Crippen molar-refractivity contribution >= 4 is 12.1 Å². The average molecular weight is 439 g/mol. The van der Waals surface area contributed by atoms with Crippen molar-refractivity contribution in [2.75, 3.05) is 6.61 Å². The van der Waals surface area contributed by atoms with Crippen molar-refractivity contribution in [2.45, 2.75) is 76.5 Å². The molecule has 0 aromatic heterocycles. The summed E-state index contributed by atoms with van der Waals surface area (Å²) in [6.07, 6.45) is 2.98. The van der Waals surface area contributed by atoms with Crippen molar-refractivity contribution in [1.82, 2.24) is 0 Å². The van der Waals surface area contributed by atoms with Gasteiger partial charge in [0, 0.05) is 12.8 Å². The molecule has 5 nitrogen and oxygen atoms in total. The Balaban J connectivity index is 1.45. The molecular weight excluding hydrogens is 404 g/mol. The molecule has 3 rings (SSSR count). The normalized spacial score (nSPS) is 22.4. The molecule has 0 unspecified atom stereocenters. The van der Waals surface area contributed by atoms with Crippen LogP contribution < -0.4 is 0 Å². The predicted octanol–water partition coefficient (Wildman–Crippen LogP) is 5.05. The van der Waals surface area contributed by atoms with Crippen LogP contribution in [0.4, 0.5) is 0 Å². The van der Waals surface area contributed by atoms with E-state index in [-0.39, 0.29) is 12.2 Å². The van der Waals surface area contributed by atoms with E-state index in [9.17, 15) is 9.59 Å². The van der Waals surface area contributed by atoms with Crippen LogP contribution in [-0.2, 0) is 37.0 Å². The number of benzene rings is 2. The van der Waals surface area contributed by atoms with E-state index in [0.29, 0.717) is 39.1 Å². The van der Waals surface area contributed by atoms with Gasteiger partial charge in [-0.25, -0.2) is 0 Å². The lowest BCUT2D eigenvalue weighted by atomic mass is 9.93. The monoisotopic (exact) mass is 438 g/mol. The summed E-state index contributed by atoms with van der Waals surface area (Å²) in [5.74, 6) is 0.0669. The zero-order valence-corrected chi connectivity index (χ0v) is 19.1. The first-order chi connectivity index (χ1) is 15.4. The van der Waals surface area contributed by atoms with E-state index in [1.54, 1.807) is 0 Å². The molecule has 1 fully saturated rings. The molecule has 172 valence electrons. The first-order valence-electron chi connectivity index (χ1n) is 11.4.